The second-order valence-electron chi connectivity index (χ2n) is 7.71. The quantitative estimate of drug-likeness (QED) is 0.757. The van der Waals surface area contributed by atoms with E-state index >= 15 is 0 Å². The second kappa shape index (κ2) is 8.76. The maximum atomic E-state index is 11.1. The van der Waals surface area contributed by atoms with E-state index in [-0.39, 0.29) is 12.0 Å². The highest BCUT2D eigenvalue weighted by molar-refractivity contribution is 5.70. The van der Waals surface area contributed by atoms with E-state index < -0.39 is 5.97 Å². The molecule has 2 saturated carbocycles. The monoisotopic (exact) mass is 361 g/mol. The molecule has 0 aromatic heterocycles. The summed E-state index contributed by atoms with van der Waals surface area (Å²) < 4.78 is 11.7. The third-order valence-electron chi connectivity index (χ3n) is 5.85. The molecule has 5 nitrogen and oxygen atoms in total. The van der Waals surface area contributed by atoms with Gasteiger partial charge in [-0.2, -0.15) is 0 Å². The summed E-state index contributed by atoms with van der Waals surface area (Å²) in [7, 11) is 1.69. The van der Waals surface area contributed by atoms with Crippen LogP contribution in [0.4, 0.5) is 0 Å². The molecule has 26 heavy (non-hydrogen) atoms. The molecule has 0 heterocycles. The van der Waals surface area contributed by atoms with Crippen LogP contribution in [0.2, 0.25) is 0 Å². The number of aliphatic carboxylic acids is 1. The molecule has 3 rings (SSSR count). The van der Waals surface area contributed by atoms with Crippen LogP contribution in [-0.4, -0.2) is 30.3 Å². The van der Waals surface area contributed by atoms with Crippen molar-refractivity contribution in [1.29, 1.82) is 0 Å². The summed E-state index contributed by atoms with van der Waals surface area (Å²) in [5.74, 6) is 0.796. The van der Waals surface area contributed by atoms with Crippen LogP contribution in [0.3, 0.4) is 0 Å². The molecule has 0 aliphatic heterocycles. The van der Waals surface area contributed by atoms with E-state index in [1.54, 1.807) is 7.11 Å². The van der Waals surface area contributed by atoms with Gasteiger partial charge in [0.15, 0.2) is 11.5 Å². The van der Waals surface area contributed by atoms with Gasteiger partial charge >= 0.3 is 5.97 Å². The van der Waals surface area contributed by atoms with Crippen molar-refractivity contribution >= 4 is 5.97 Å². The number of methoxy groups -OCH3 is 1. The molecule has 2 aliphatic carbocycles. The van der Waals surface area contributed by atoms with Gasteiger partial charge in [-0.05, 0) is 76.0 Å². The number of ether oxygens (including phenoxy) is 2. The van der Waals surface area contributed by atoms with Crippen molar-refractivity contribution in [3.05, 3.63) is 23.8 Å². The van der Waals surface area contributed by atoms with Crippen LogP contribution in [0.1, 0.15) is 69.9 Å². The lowest BCUT2D eigenvalue weighted by Gasteiger charge is -2.30. The molecule has 2 aliphatic rings. The predicted molar refractivity (Wildman–Crippen MR) is 101 cm³/mol. The van der Waals surface area contributed by atoms with Crippen LogP contribution >= 0.6 is 0 Å². The largest absolute Gasteiger partial charge is 0.493 e. The van der Waals surface area contributed by atoms with Crippen molar-refractivity contribution < 1.29 is 19.4 Å². The zero-order chi connectivity index (χ0) is 18.5. The highest BCUT2D eigenvalue weighted by Gasteiger charge is 2.27. The van der Waals surface area contributed by atoms with E-state index in [1.807, 2.05) is 6.07 Å². The topological polar surface area (TPSA) is 67.8 Å². The lowest BCUT2D eigenvalue weighted by molar-refractivity contribution is -0.142. The fourth-order valence-corrected chi connectivity index (χ4v) is 4.19. The molecule has 0 saturated heterocycles. The van der Waals surface area contributed by atoms with E-state index in [9.17, 15) is 4.79 Å². The summed E-state index contributed by atoms with van der Waals surface area (Å²) >= 11 is 0. The smallest absolute Gasteiger partial charge is 0.306 e. The van der Waals surface area contributed by atoms with Gasteiger partial charge in [0.1, 0.15) is 0 Å². The Bertz CT molecular complexity index is 604. The number of carboxylic acid groups (broad SMARTS) is 1. The summed E-state index contributed by atoms with van der Waals surface area (Å²) in [6.45, 7) is 2.15. The Morgan fingerprint density at radius 1 is 1.12 bits per heavy atom. The summed E-state index contributed by atoms with van der Waals surface area (Å²) in [5, 5.41) is 12.8. The first-order chi connectivity index (χ1) is 12.6. The van der Waals surface area contributed by atoms with E-state index in [4.69, 9.17) is 14.6 Å². The maximum absolute atomic E-state index is 11.1. The number of hydrogen-bond acceptors (Lipinski definition) is 4. The van der Waals surface area contributed by atoms with Crippen molar-refractivity contribution in [1.82, 2.24) is 5.32 Å². The van der Waals surface area contributed by atoms with Crippen LogP contribution in [0.15, 0.2) is 18.2 Å². The SMILES string of the molecule is COc1cc(C(C)NC2CCC(C(=O)O)CC2)ccc1OC1CCCC1. The van der Waals surface area contributed by atoms with Crippen LogP contribution < -0.4 is 14.8 Å². The zero-order valence-corrected chi connectivity index (χ0v) is 15.9. The lowest BCUT2D eigenvalue weighted by atomic mass is 9.85. The Morgan fingerprint density at radius 2 is 1.81 bits per heavy atom. The van der Waals surface area contributed by atoms with Gasteiger partial charge in [-0.1, -0.05) is 6.07 Å². The van der Waals surface area contributed by atoms with Gasteiger partial charge in [0.05, 0.1) is 19.1 Å². The van der Waals surface area contributed by atoms with Crippen molar-refractivity contribution in [3.63, 3.8) is 0 Å². The van der Waals surface area contributed by atoms with E-state index in [2.05, 4.69) is 24.4 Å². The molecular formula is C21H31NO4. The molecule has 2 N–H and O–H groups in total. The third kappa shape index (κ3) is 4.70. The fraction of sp³-hybridized carbons (Fsp3) is 0.667. The first-order valence-electron chi connectivity index (χ1n) is 9.90. The van der Waals surface area contributed by atoms with E-state index in [0.29, 0.717) is 12.1 Å². The van der Waals surface area contributed by atoms with Gasteiger partial charge < -0.3 is 19.9 Å². The summed E-state index contributed by atoms with van der Waals surface area (Å²) in [5.41, 5.74) is 1.17. The Labute approximate surface area is 156 Å². The number of carboxylic acids is 1. The van der Waals surface area contributed by atoms with Gasteiger partial charge in [-0.3, -0.25) is 4.79 Å². The third-order valence-corrected chi connectivity index (χ3v) is 5.85. The van der Waals surface area contributed by atoms with E-state index in [1.165, 1.54) is 18.4 Å². The van der Waals surface area contributed by atoms with Gasteiger partial charge in [0.2, 0.25) is 0 Å². The highest BCUT2D eigenvalue weighted by atomic mass is 16.5. The molecule has 1 atom stereocenters. The second-order valence-corrected chi connectivity index (χ2v) is 7.71. The number of hydrogen-bond donors (Lipinski definition) is 2. The zero-order valence-electron chi connectivity index (χ0n) is 15.9. The van der Waals surface area contributed by atoms with Crippen molar-refractivity contribution in [2.45, 2.75) is 76.5 Å². The standard InChI is InChI=1S/C21H31NO4/c1-14(22-17-10-7-15(8-11-17)21(23)24)16-9-12-19(20(13-16)25-2)26-18-5-3-4-6-18/h9,12-15,17-18,22H,3-8,10-11H2,1-2H3,(H,23,24). The van der Waals surface area contributed by atoms with Gasteiger partial charge in [0, 0.05) is 12.1 Å². The summed E-state index contributed by atoms with van der Waals surface area (Å²) in [4.78, 5) is 11.1. The Balaban J connectivity index is 1.58. The molecule has 0 spiro atoms. The molecule has 5 heteroatoms. The van der Waals surface area contributed by atoms with Gasteiger partial charge in [0.25, 0.3) is 0 Å². The highest BCUT2D eigenvalue weighted by Crippen LogP contribution is 2.34. The average Bonchev–Trinajstić information content (AvgIpc) is 3.15. The minimum absolute atomic E-state index is 0.171. The first kappa shape index (κ1) is 19.0. The number of benzene rings is 1. The molecule has 0 radical (unpaired) electrons. The Hall–Kier alpha value is -1.75. The van der Waals surface area contributed by atoms with Crippen LogP contribution in [0.5, 0.6) is 11.5 Å². The lowest BCUT2D eigenvalue weighted by Crippen LogP contribution is -2.36. The molecule has 0 amide bonds. The summed E-state index contributed by atoms with van der Waals surface area (Å²) in [6.07, 6.45) is 8.42. The first-order valence-corrected chi connectivity index (χ1v) is 9.90. The molecule has 1 aromatic carbocycles. The van der Waals surface area contributed by atoms with E-state index in [0.717, 1.165) is 50.0 Å². The Morgan fingerprint density at radius 3 is 2.42 bits per heavy atom. The molecule has 1 unspecified atom stereocenters. The Kier molecular flexibility index (Phi) is 6.41. The van der Waals surface area contributed by atoms with Crippen molar-refractivity contribution in [2.24, 2.45) is 5.92 Å². The van der Waals surface area contributed by atoms with Crippen LogP contribution in [-0.2, 0) is 4.79 Å². The van der Waals surface area contributed by atoms with Crippen LogP contribution in [0, 0.1) is 5.92 Å². The maximum Gasteiger partial charge on any atom is 0.306 e. The van der Waals surface area contributed by atoms with Crippen LogP contribution in [0.25, 0.3) is 0 Å². The molecule has 0 bridgehead atoms. The molecular weight excluding hydrogens is 330 g/mol. The van der Waals surface area contributed by atoms with Gasteiger partial charge in [-0.15, -0.1) is 0 Å². The molecule has 1 aromatic rings. The van der Waals surface area contributed by atoms with Crippen molar-refractivity contribution in [2.75, 3.05) is 7.11 Å². The normalized spacial score (nSPS) is 25.0. The van der Waals surface area contributed by atoms with Crippen molar-refractivity contribution in [3.8, 4) is 11.5 Å². The number of nitrogens with one attached hydrogen (secondary N) is 1. The summed E-state index contributed by atoms with van der Waals surface area (Å²) in [6, 6.07) is 6.75. The molecule has 2 fully saturated rings. The number of carbonyl (C=O) groups is 1. The number of rotatable bonds is 7. The molecule has 144 valence electrons. The van der Waals surface area contributed by atoms with Gasteiger partial charge in [-0.25, -0.2) is 0 Å². The minimum Gasteiger partial charge on any atom is -0.493 e. The fourth-order valence-electron chi connectivity index (χ4n) is 4.19. The average molecular weight is 361 g/mol. The minimum atomic E-state index is -0.654. The predicted octanol–water partition coefficient (Wildman–Crippen LogP) is 4.31.